The lowest BCUT2D eigenvalue weighted by atomic mass is 10.1. The van der Waals surface area contributed by atoms with Gasteiger partial charge in [-0.3, -0.25) is 0 Å². The van der Waals surface area contributed by atoms with E-state index < -0.39 is 0 Å². The molecule has 0 unspecified atom stereocenters. The van der Waals surface area contributed by atoms with Gasteiger partial charge in [0.2, 0.25) is 0 Å². The average Bonchev–Trinajstić information content (AvgIpc) is 2.54. The van der Waals surface area contributed by atoms with Crippen molar-refractivity contribution in [2.24, 2.45) is 0 Å². The molecule has 3 rings (SSSR count). The number of benzene rings is 2. The van der Waals surface area contributed by atoms with Crippen molar-refractivity contribution in [3.05, 3.63) is 48.0 Å². The second kappa shape index (κ2) is 6.39. The van der Waals surface area contributed by atoms with E-state index in [4.69, 9.17) is 14.2 Å². The Kier molecular flexibility index (Phi) is 4.15. The number of ether oxygens (including phenoxy) is 3. The quantitative estimate of drug-likeness (QED) is 0.913. The van der Waals surface area contributed by atoms with E-state index in [1.54, 1.807) is 0 Å². The number of anilines is 1. The van der Waals surface area contributed by atoms with Gasteiger partial charge in [0, 0.05) is 12.1 Å². The molecule has 0 bridgehead atoms. The molecule has 4 heteroatoms. The van der Waals surface area contributed by atoms with Crippen molar-refractivity contribution in [2.45, 2.75) is 13.5 Å². The zero-order chi connectivity index (χ0) is 14.5. The predicted octanol–water partition coefficient (Wildman–Crippen LogP) is 3.47. The molecule has 2 aromatic rings. The highest BCUT2D eigenvalue weighted by Gasteiger charge is 2.15. The normalized spacial score (nSPS) is 12.8. The summed E-state index contributed by atoms with van der Waals surface area (Å²) in [4.78, 5) is 0. The first-order valence-corrected chi connectivity index (χ1v) is 7.21. The van der Waals surface area contributed by atoms with E-state index in [0.29, 0.717) is 26.4 Å². The Balaban J connectivity index is 1.76. The topological polar surface area (TPSA) is 39.7 Å². The summed E-state index contributed by atoms with van der Waals surface area (Å²) in [5, 5.41) is 3.40. The molecule has 1 N–H and O–H groups in total. The summed E-state index contributed by atoms with van der Waals surface area (Å²) in [6.45, 7) is 4.50. The molecule has 0 atom stereocenters. The fourth-order valence-electron chi connectivity index (χ4n) is 2.36. The number of fused-ring (bicyclic) bond motifs is 1. The molecule has 0 fully saturated rings. The minimum Gasteiger partial charge on any atom is -0.492 e. The maximum Gasteiger partial charge on any atom is 0.166 e. The van der Waals surface area contributed by atoms with Crippen LogP contribution in [0.15, 0.2) is 42.5 Å². The van der Waals surface area contributed by atoms with Crippen molar-refractivity contribution in [3.63, 3.8) is 0 Å². The van der Waals surface area contributed by atoms with Gasteiger partial charge in [0.05, 0.1) is 12.3 Å². The average molecular weight is 285 g/mol. The van der Waals surface area contributed by atoms with E-state index in [-0.39, 0.29) is 0 Å². The lowest BCUT2D eigenvalue weighted by molar-refractivity contribution is 0.170. The van der Waals surface area contributed by atoms with Crippen LogP contribution in [0.5, 0.6) is 17.2 Å². The van der Waals surface area contributed by atoms with Gasteiger partial charge in [-0.15, -0.1) is 0 Å². The molecule has 0 amide bonds. The summed E-state index contributed by atoms with van der Waals surface area (Å²) in [5.41, 5.74) is 2.06. The fourth-order valence-corrected chi connectivity index (χ4v) is 2.36. The Morgan fingerprint density at radius 2 is 1.90 bits per heavy atom. The summed E-state index contributed by atoms with van der Waals surface area (Å²) in [6.07, 6.45) is 0. The Morgan fingerprint density at radius 3 is 2.81 bits per heavy atom. The largest absolute Gasteiger partial charge is 0.492 e. The van der Waals surface area contributed by atoms with Crippen LogP contribution >= 0.6 is 0 Å². The molecule has 21 heavy (non-hydrogen) atoms. The van der Waals surface area contributed by atoms with Gasteiger partial charge in [0.15, 0.2) is 11.5 Å². The first-order chi connectivity index (χ1) is 10.4. The maximum atomic E-state index is 5.72. The molecule has 2 aromatic carbocycles. The van der Waals surface area contributed by atoms with Crippen molar-refractivity contribution < 1.29 is 14.2 Å². The summed E-state index contributed by atoms with van der Waals surface area (Å²) in [5.74, 6) is 2.52. The second-order valence-corrected chi connectivity index (χ2v) is 4.72. The Labute approximate surface area is 124 Å². The van der Waals surface area contributed by atoms with E-state index in [1.165, 1.54) is 0 Å². The minimum atomic E-state index is 0.597. The third-order valence-corrected chi connectivity index (χ3v) is 3.30. The highest BCUT2D eigenvalue weighted by Crippen LogP contribution is 2.34. The Bertz CT molecular complexity index is 613. The summed E-state index contributed by atoms with van der Waals surface area (Å²) >= 11 is 0. The molecule has 0 spiro atoms. The second-order valence-electron chi connectivity index (χ2n) is 4.72. The van der Waals surface area contributed by atoms with Crippen LogP contribution in [0.1, 0.15) is 12.5 Å². The van der Waals surface area contributed by atoms with Crippen molar-refractivity contribution in [2.75, 3.05) is 25.1 Å². The number of nitrogens with one attached hydrogen (secondary N) is 1. The van der Waals surface area contributed by atoms with Gasteiger partial charge in [-0.2, -0.15) is 0 Å². The molecular weight excluding hydrogens is 266 g/mol. The SMILES string of the molecule is CCOc1ccccc1NCc1cccc2c1OCCO2. The zero-order valence-electron chi connectivity index (χ0n) is 12.1. The van der Waals surface area contributed by atoms with Crippen molar-refractivity contribution in [1.29, 1.82) is 0 Å². The standard InChI is InChI=1S/C17H19NO3/c1-2-19-15-8-4-3-7-14(15)18-12-13-6-5-9-16-17(13)21-11-10-20-16/h3-9,18H,2,10-12H2,1H3. The molecule has 1 aliphatic heterocycles. The lowest BCUT2D eigenvalue weighted by Crippen LogP contribution is -2.17. The van der Waals surface area contributed by atoms with Crippen LogP contribution in [0.3, 0.4) is 0 Å². The van der Waals surface area contributed by atoms with E-state index in [1.807, 2.05) is 49.4 Å². The predicted molar refractivity (Wildman–Crippen MR) is 82.4 cm³/mol. The highest BCUT2D eigenvalue weighted by molar-refractivity contribution is 5.57. The number of rotatable bonds is 5. The third kappa shape index (κ3) is 3.05. The molecule has 0 aromatic heterocycles. The van der Waals surface area contributed by atoms with Crippen molar-refractivity contribution >= 4 is 5.69 Å². The Morgan fingerprint density at radius 1 is 1.05 bits per heavy atom. The van der Waals surface area contributed by atoms with Gasteiger partial charge in [0.25, 0.3) is 0 Å². The first-order valence-electron chi connectivity index (χ1n) is 7.21. The third-order valence-electron chi connectivity index (χ3n) is 3.30. The van der Waals surface area contributed by atoms with Gasteiger partial charge in [-0.05, 0) is 25.1 Å². The zero-order valence-corrected chi connectivity index (χ0v) is 12.1. The van der Waals surface area contributed by atoms with E-state index in [0.717, 1.165) is 28.5 Å². The molecule has 0 saturated heterocycles. The number of para-hydroxylation sites is 3. The van der Waals surface area contributed by atoms with Crippen LogP contribution in [0, 0.1) is 0 Å². The molecule has 1 aliphatic rings. The molecule has 0 radical (unpaired) electrons. The number of hydrogen-bond acceptors (Lipinski definition) is 4. The highest BCUT2D eigenvalue weighted by atomic mass is 16.6. The molecular formula is C17H19NO3. The first kappa shape index (κ1) is 13.6. The molecule has 0 saturated carbocycles. The summed E-state index contributed by atoms with van der Waals surface area (Å²) < 4.78 is 16.9. The van der Waals surface area contributed by atoms with Crippen LogP contribution in [-0.4, -0.2) is 19.8 Å². The van der Waals surface area contributed by atoms with Crippen LogP contribution in [0.2, 0.25) is 0 Å². The maximum absolute atomic E-state index is 5.72. The van der Waals surface area contributed by atoms with E-state index in [2.05, 4.69) is 5.32 Å². The van der Waals surface area contributed by atoms with Gasteiger partial charge in [-0.1, -0.05) is 24.3 Å². The van der Waals surface area contributed by atoms with Crippen LogP contribution < -0.4 is 19.5 Å². The molecule has 4 nitrogen and oxygen atoms in total. The fraction of sp³-hybridized carbons (Fsp3) is 0.294. The van der Waals surface area contributed by atoms with Crippen molar-refractivity contribution in [1.82, 2.24) is 0 Å². The molecule has 1 heterocycles. The monoisotopic (exact) mass is 285 g/mol. The van der Waals surface area contributed by atoms with E-state index >= 15 is 0 Å². The lowest BCUT2D eigenvalue weighted by Gasteiger charge is -2.21. The number of hydrogen-bond donors (Lipinski definition) is 1. The molecule has 0 aliphatic carbocycles. The smallest absolute Gasteiger partial charge is 0.166 e. The Hall–Kier alpha value is -2.36. The van der Waals surface area contributed by atoms with Gasteiger partial charge >= 0.3 is 0 Å². The van der Waals surface area contributed by atoms with Crippen molar-refractivity contribution in [3.8, 4) is 17.2 Å². The minimum absolute atomic E-state index is 0.597. The molecule has 110 valence electrons. The van der Waals surface area contributed by atoms with Crippen LogP contribution in [0.25, 0.3) is 0 Å². The summed E-state index contributed by atoms with van der Waals surface area (Å²) in [7, 11) is 0. The van der Waals surface area contributed by atoms with Crippen LogP contribution in [0.4, 0.5) is 5.69 Å². The van der Waals surface area contributed by atoms with Gasteiger partial charge < -0.3 is 19.5 Å². The summed E-state index contributed by atoms with van der Waals surface area (Å²) in [6, 6.07) is 13.9. The van der Waals surface area contributed by atoms with Gasteiger partial charge in [0.1, 0.15) is 19.0 Å². The van der Waals surface area contributed by atoms with E-state index in [9.17, 15) is 0 Å². The van der Waals surface area contributed by atoms with Gasteiger partial charge in [-0.25, -0.2) is 0 Å². The van der Waals surface area contributed by atoms with Crippen LogP contribution in [-0.2, 0) is 6.54 Å².